The summed E-state index contributed by atoms with van der Waals surface area (Å²) in [6.07, 6.45) is 3.25. The summed E-state index contributed by atoms with van der Waals surface area (Å²) in [6.45, 7) is 6.86. The Morgan fingerprint density at radius 1 is 1.27 bits per heavy atom. The van der Waals surface area contributed by atoms with Crippen LogP contribution in [0, 0.1) is 0 Å². The molecule has 1 aromatic carbocycles. The molecule has 164 valence electrons. The highest BCUT2D eigenvalue weighted by atomic mass is 35.5. The largest absolute Gasteiger partial charge is 0.497 e. The van der Waals surface area contributed by atoms with Gasteiger partial charge in [-0.2, -0.15) is 0 Å². The number of rotatable bonds is 5. The number of carbonyl (C=O) groups is 1. The summed E-state index contributed by atoms with van der Waals surface area (Å²) in [5.41, 5.74) is -1.24. The average molecular weight is 437 g/mol. The van der Waals surface area contributed by atoms with Gasteiger partial charge in [0.2, 0.25) is 11.5 Å². The number of ether oxygens (including phenoxy) is 3. The molecule has 1 saturated heterocycles. The third-order valence-corrected chi connectivity index (χ3v) is 4.93. The van der Waals surface area contributed by atoms with Gasteiger partial charge in [0, 0.05) is 25.3 Å². The van der Waals surface area contributed by atoms with E-state index in [1.54, 1.807) is 30.4 Å². The molecule has 3 unspecified atom stereocenters. The number of alkyl halides is 1. The van der Waals surface area contributed by atoms with Crippen LogP contribution in [0.2, 0.25) is 0 Å². The van der Waals surface area contributed by atoms with Crippen molar-refractivity contribution in [2.45, 2.75) is 56.9 Å². The molecular weight excluding hydrogens is 408 g/mol. The second kappa shape index (κ2) is 9.66. The van der Waals surface area contributed by atoms with Gasteiger partial charge in [-0.1, -0.05) is 11.6 Å². The van der Waals surface area contributed by atoms with Gasteiger partial charge in [-0.15, -0.1) is 0 Å². The van der Waals surface area contributed by atoms with Crippen molar-refractivity contribution in [2.75, 3.05) is 20.2 Å². The van der Waals surface area contributed by atoms with Crippen molar-refractivity contribution in [1.29, 1.82) is 0 Å². The minimum Gasteiger partial charge on any atom is -0.497 e. The highest BCUT2D eigenvalue weighted by Gasteiger charge is 2.33. The van der Waals surface area contributed by atoms with Crippen LogP contribution in [0.4, 0.5) is 4.79 Å². The van der Waals surface area contributed by atoms with Gasteiger partial charge in [-0.3, -0.25) is 10.3 Å². The molecule has 2 aliphatic heterocycles. The van der Waals surface area contributed by atoms with Crippen molar-refractivity contribution >= 4 is 29.8 Å². The fourth-order valence-electron chi connectivity index (χ4n) is 3.31. The molecule has 3 atom stereocenters. The van der Waals surface area contributed by atoms with Crippen LogP contribution in [0.1, 0.15) is 33.6 Å². The molecule has 1 amide bonds. The van der Waals surface area contributed by atoms with E-state index in [2.05, 4.69) is 15.3 Å². The Kier molecular flexibility index (Phi) is 7.20. The second-order valence-electron chi connectivity index (χ2n) is 8.21. The molecule has 1 fully saturated rings. The second-order valence-corrected chi connectivity index (χ2v) is 8.60. The number of carbonyl (C=O) groups excluding carboxylic acids is 1. The van der Waals surface area contributed by atoms with Crippen LogP contribution in [0.25, 0.3) is 0 Å². The summed E-state index contributed by atoms with van der Waals surface area (Å²) >= 11 is 6.06. The van der Waals surface area contributed by atoms with Gasteiger partial charge >= 0.3 is 6.09 Å². The summed E-state index contributed by atoms with van der Waals surface area (Å²) in [4.78, 5) is 22.8. The SMILES string of the molecule is COc1ccc(OC2=NC(Cl)N=CC2NCC2CCCN2C(=O)OC(C)(C)C)cc1. The Bertz CT molecular complexity index is 791. The zero-order valence-electron chi connectivity index (χ0n) is 17.8. The van der Waals surface area contributed by atoms with Gasteiger partial charge in [0.25, 0.3) is 0 Å². The third kappa shape index (κ3) is 6.09. The van der Waals surface area contributed by atoms with Gasteiger partial charge in [0.05, 0.1) is 7.11 Å². The summed E-state index contributed by atoms with van der Waals surface area (Å²) in [6, 6.07) is 6.91. The van der Waals surface area contributed by atoms with E-state index >= 15 is 0 Å². The van der Waals surface area contributed by atoms with Gasteiger partial charge in [0.15, 0.2) is 0 Å². The maximum absolute atomic E-state index is 12.5. The highest BCUT2D eigenvalue weighted by Crippen LogP contribution is 2.22. The summed E-state index contributed by atoms with van der Waals surface area (Å²) < 4.78 is 16.6. The maximum atomic E-state index is 12.5. The van der Waals surface area contributed by atoms with E-state index < -0.39 is 11.2 Å². The molecule has 3 rings (SSSR count). The van der Waals surface area contributed by atoms with Crippen LogP contribution < -0.4 is 14.8 Å². The highest BCUT2D eigenvalue weighted by molar-refractivity contribution is 6.22. The average Bonchev–Trinajstić information content (AvgIpc) is 3.15. The Hall–Kier alpha value is -2.32. The van der Waals surface area contributed by atoms with E-state index in [0.29, 0.717) is 24.7 Å². The predicted octanol–water partition coefficient (Wildman–Crippen LogP) is 3.44. The molecule has 1 aromatic rings. The number of halogens is 1. The van der Waals surface area contributed by atoms with E-state index in [-0.39, 0.29) is 18.2 Å². The monoisotopic (exact) mass is 436 g/mol. The van der Waals surface area contributed by atoms with Crippen LogP contribution in [0.3, 0.4) is 0 Å². The first-order valence-corrected chi connectivity index (χ1v) is 10.5. The van der Waals surface area contributed by atoms with E-state index in [0.717, 1.165) is 18.6 Å². The van der Waals surface area contributed by atoms with Gasteiger partial charge in [-0.05, 0) is 57.9 Å². The van der Waals surface area contributed by atoms with Crippen molar-refractivity contribution < 1.29 is 19.0 Å². The standard InChI is InChI=1S/C21H29ClN4O4/c1-21(2,3)30-20(27)26-11-5-6-14(26)12-23-17-13-24-19(22)25-18(17)29-16-9-7-15(28-4)8-10-16/h7-10,13-14,17,19,23H,5-6,11-12H2,1-4H3. The van der Waals surface area contributed by atoms with Crippen molar-refractivity contribution in [2.24, 2.45) is 9.98 Å². The fourth-order valence-corrected chi connectivity index (χ4v) is 3.47. The van der Waals surface area contributed by atoms with Gasteiger partial charge < -0.3 is 19.1 Å². The van der Waals surface area contributed by atoms with Crippen LogP contribution >= 0.6 is 11.6 Å². The first-order chi connectivity index (χ1) is 14.2. The predicted molar refractivity (Wildman–Crippen MR) is 117 cm³/mol. The molecule has 9 heteroatoms. The summed E-state index contributed by atoms with van der Waals surface area (Å²) in [5, 5.41) is 3.39. The lowest BCUT2D eigenvalue weighted by Gasteiger charge is -2.30. The molecule has 8 nitrogen and oxygen atoms in total. The number of likely N-dealkylation sites (tertiary alicyclic amines) is 1. The molecule has 1 N–H and O–H groups in total. The molecule has 2 heterocycles. The molecular formula is C21H29ClN4O4. The topological polar surface area (TPSA) is 84.8 Å². The smallest absolute Gasteiger partial charge is 0.410 e. The Balaban J connectivity index is 1.61. The molecule has 2 aliphatic rings. The molecule has 0 aromatic heterocycles. The number of aliphatic imine (C=N–C) groups is 2. The van der Waals surface area contributed by atoms with E-state index in [4.69, 9.17) is 25.8 Å². The van der Waals surface area contributed by atoms with E-state index in [9.17, 15) is 4.79 Å². The molecule has 0 radical (unpaired) electrons. The van der Waals surface area contributed by atoms with E-state index in [1.165, 1.54) is 0 Å². The van der Waals surface area contributed by atoms with Crippen LogP contribution in [-0.4, -0.2) is 66.6 Å². The van der Waals surface area contributed by atoms with Crippen molar-refractivity contribution in [3.05, 3.63) is 24.3 Å². The number of nitrogens with one attached hydrogen (secondary N) is 1. The van der Waals surface area contributed by atoms with Crippen LogP contribution in [-0.2, 0) is 4.74 Å². The lowest BCUT2D eigenvalue weighted by molar-refractivity contribution is 0.0226. The molecule has 0 saturated carbocycles. The number of amides is 1. The molecule has 0 bridgehead atoms. The lowest BCUT2D eigenvalue weighted by Crippen LogP contribution is -2.50. The minimum atomic E-state index is -0.721. The number of benzene rings is 1. The Labute approximate surface area is 182 Å². The maximum Gasteiger partial charge on any atom is 0.410 e. The first-order valence-electron chi connectivity index (χ1n) is 10.0. The van der Waals surface area contributed by atoms with Crippen molar-refractivity contribution in [3.8, 4) is 11.5 Å². The van der Waals surface area contributed by atoms with E-state index in [1.807, 2.05) is 32.9 Å². The van der Waals surface area contributed by atoms with Gasteiger partial charge in [-0.25, -0.2) is 9.79 Å². The quantitative estimate of drug-likeness (QED) is 0.564. The van der Waals surface area contributed by atoms with Crippen molar-refractivity contribution in [3.63, 3.8) is 0 Å². The fraction of sp³-hybridized carbons (Fsp3) is 0.571. The van der Waals surface area contributed by atoms with Crippen LogP contribution in [0.5, 0.6) is 11.5 Å². The number of hydrogen-bond donors (Lipinski definition) is 1. The molecule has 30 heavy (non-hydrogen) atoms. The van der Waals surface area contributed by atoms with Gasteiger partial charge in [0.1, 0.15) is 23.1 Å². The minimum absolute atomic E-state index is 0.0317. The zero-order valence-corrected chi connectivity index (χ0v) is 18.6. The molecule has 0 aliphatic carbocycles. The Morgan fingerprint density at radius 3 is 2.63 bits per heavy atom. The summed E-state index contributed by atoms with van der Waals surface area (Å²) in [5.74, 6) is 1.79. The summed E-state index contributed by atoms with van der Waals surface area (Å²) in [7, 11) is 1.61. The number of hydrogen-bond acceptors (Lipinski definition) is 7. The zero-order chi connectivity index (χ0) is 21.7. The number of methoxy groups -OCH3 is 1. The normalized spacial score (nSPS) is 23.8. The lowest BCUT2D eigenvalue weighted by atomic mass is 10.2. The molecule has 0 spiro atoms. The van der Waals surface area contributed by atoms with Crippen LogP contribution in [0.15, 0.2) is 34.3 Å². The Morgan fingerprint density at radius 2 is 1.97 bits per heavy atom. The number of nitrogens with zero attached hydrogens (tertiary/aromatic N) is 3. The third-order valence-electron chi connectivity index (χ3n) is 4.72. The van der Waals surface area contributed by atoms with Crippen molar-refractivity contribution in [1.82, 2.24) is 10.2 Å². The first kappa shape index (κ1) is 22.4.